The number of allylic oxidation sites excluding steroid dienone is 4. The number of imidazole rings is 1. The molecule has 160 valence electrons. The van der Waals surface area contributed by atoms with Gasteiger partial charge < -0.3 is 10.1 Å². The SMILES string of the molecule is C=C(C)/N=C(F)\C(=C/C)c1cc2c(cc1OC)ncc1c2n(C(=C)C(C)=N)c(=O)n1C. The molecule has 2 heterocycles. The lowest BCUT2D eigenvalue weighted by molar-refractivity contribution is 0.414. The van der Waals surface area contributed by atoms with Crippen LogP contribution in [0.4, 0.5) is 4.39 Å². The summed E-state index contributed by atoms with van der Waals surface area (Å²) in [6.07, 6.45) is 3.18. The number of aryl methyl sites for hydroxylation is 1. The Hall–Kier alpha value is -3.81. The van der Waals surface area contributed by atoms with Crippen molar-refractivity contribution in [3.8, 4) is 5.75 Å². The first kappa shape index (κ1) is 21.9. The molecule has 7 nitrogen and oxygen atoms in total. The number of nitrogens with zero attached hydrogens (tertiary/aromatic N) is 4. The van der Waals surface area contributed by atoms with E-state index >= 15 is 0 Å². The Bertz CT molecular complexity index is 1390. The molecule has 31 heavy (non-hydrogen) atoms. The average Bonchev–Trinajstić information content (AvgIpc) is 2.97. The fourth-order valence-electron chi connectivity index (χ4n) is 3.44. The fourth-order valence-corrected chi connectivity index (χ4v) is 3.44. The molecule has 0 aliphatic heterocycles. The van der Waals surface area contributed by atoms with E-state index in [2.05, 4.69) is 23.1 Å². The Morgan fingerprint density at radius 3 is 2.55 bits per heavy atom. The zero-order valence-electron chi connectivity index (χ0n) is 18.2. The van der Waals surface area contributed by atoms with Gasteiger partial charge in [0.05, 0.1) is 41.3 Å². The molecule has 0 aliphatic rings. The molecule has 0 atom stereocenters. The molecular formula is C23H24FN5O2. The number of aliphatic imine (C=N–C) groups is 1. The molecule has 2 aromatic heterocycles. The van der Waals surface area contributed by atoms with Crippen molar-refractivity contribution in [3.05, 3.63) is 59.3 Å². The van der Waals surface area contributed by atoms with E-state index in [0.29, 0.717) is 38.9 Å². The predicted octanol–water partition coefficient (Wildman–Crippen LogP) is 4.71. The lowest BCUT2D eigenvalue weighted by Gasteiger charge is -2.13. The molecule has 0 amide bonds. The lowest BCUT2D eigenvalue weighted by atomic mass is 10.0. The third kappa shape index (κ3) is 3.61. The van der Waals surface area contributed by atoms with Gasteiger partial charge in [-0.15, -0.1) is 0 Å². The number of hydrogen-bond acceptors (Lipinski definition) is 5. The minimum Gasteiger partial charge on any atom is -0.496 e. The summed E-state index contributed by atoms with van der Waals surface area (Å²) in [5, 5.41) is 8.56. The van der Waals surface area contributed by atoms with Gasteiger partial charge in [-0.2, -0.15) is 4.39 Å². The number of methoxy groups -OCH3 is 1. The Balaban J connectivity index is 2.50. The second-order valence-corrected chi connectivity index (χ2v) is 7.15. The summed E-state index contributed by atoms with van der Waals surface area (Å²) < 4.78 is 23.2. The van der Waals surface area contributed by atoms with Crippen LogP contribution in [0.1, 0.15) is 26.3 Å². The minimum absolute atomic E-state index is 0.155. The van der Waals surface area contributed by atoms with Gasteiger partial charge in [-0.3, -0.25) is 14.1 Å². The summed E-state index contributed by atoms with van der Waals surface area (Å²) >= 11 is 0. The van der Waals surface area contributed by atoms with Crippen LogP contribution < -0.4 is 10.4 Å². The van der Waals surface area contributed by atoms with Gasteiger partial charge >= 0.3 is 5.69 Å². The van der Waals surface area contributed by atoms with Crippen LogP contribution in [0.15, 0.2) is 53.0 Å². The summed E-state index contributed by atoms with van der Waals surface area (Å²) in [5.74, 6) is -0.288. The molecule has 0 bridgehead atoms. The van der Waals surface area contributed by atoms with Crippen LogP contribution in [0, 0.1) is 5.41 Å². The number of fused-ring (bicyclic) bond motifs is 3. The van der Waals surface area contributed by atoms with Crippen LogP contribution in [0.5, 0.6) is 5.75 Å². The molecule has 1 N–H and O–H groups in total. The van der Waals surface area contributed by atoms with Gasteiger partial charge in [0.2, 0.25) is 5.97 Å². The molecule has 0 radical (unpaired) electrons. The van der Waals surface area contributed by atoms with Crippen molar-refractivity contribution in [2.24, 2.45) is 12.0 Å². The van der Waals surface area contributed by atoms with Crippen molar-refractivity contribution in [2.45, 2.75) is 20.8 Å². The Kier molecular flexibility index (Phi) is 5.75. The van der Waals surface area contributed by atoms with E-state index in [0.717, 1.165) is 0 Å². The summed E-state index contributed by atoms with van der Waals surface area (Å²) in [4.78, 5) is 21.2. The summed E-state index contributed by atoms with van der Waals surface area (Å²) in [7, 11) is 3.12. The van der Waals surface area contributed by atoms with Crippen LogP contribution in [-0.4, -0.2) is 32.9 Å². The monoisotopic (exact) mass is 421 g/mol. The highest BCUT2D eigenvalue weighted by Gasteiger charge is 2.21. The van der Waals surface area contributed by atoms with Gasteiger partial charge in [0.25, 0.3) is 0 Å². The molecule has 0 spiro atoms. The molecule has 0 aliphatic carbocycles. The van der Waals surface area contributed by atoms with E-state index in [-0.39, 0.29) is 22.7 Å². The first-order valence-electron chi connectivity index (χ1n) is 9.52. The minimum atomic E-state index is -0.696. The van der Waals surface area contributed by atoms with Gasteiger partial charge in [-0.05, 0) is 26.8 Å². The first-order chi connectivity index (χ1) is 14.6. The van der Waals surface area contributed by atoms with Crippen LogP contribution >= 0.6 is 0 Å². The zero-order valence-corrected chi connectivity index (χ0v) is 18.2. The normalized spacial score (nSPS) is 12.5. The number of ether oxygens (including phenoxy) is 1. The number of halogens is 1. The molecule has 3 rings (SSSR count). The predicted molar refractivity (Wildman–Crippen MR) is 125 cm³/mol. The Labute approximate surface area is 179 Å². The second-order valence-electron chi connectivity index (χ2n) is 7.15. The Morgan fingerprint density at radius 2 is 2.00 bits per heavy atom. The topological polar surface area (TPSA) is 85.3 Å². The Morgan fingerprint density at radius 1 is 1.32 bits per heavy atom. The standard InChI is InChI=1S/C23H24FN5O2/c1-8-15(22(24)27-12(2)3)16-9-17-18(10-20(16)31-7)26-11-19-21(17)29(14(5)13(4)25)23(30)28(19)6/h8-11,25H,2,5H2,1,3-4,6-7H3/b15-8-,25-13?,27-22+. The largest absolute Gasteiger partial charge is 0.496 e. The van der Waals surface area contributed by atoms with E-state index in [9.17, 15) is 9.18 Å². The third-order valence-electron chi connectivity index (χ3n) is 5.00. The van der Waals surface area contributed by atoms with Gasteiger partial charge in [0, 0.05) is 35.3 Å². The second kappa shape index (κ2) is 8.14. The van der Waals surface area contributed by atoms with Gasteiger partial charge in [0.1, 0.15) is 5.75 Å². The van der Waals surface area contributed by atoms with Crippen molar-refractivity contribution in [1.29, 1.82) is 5.41 Å². The number of hydrogen-bond donors (Lipinski definition) is 1. The van der Waals surface area contributed by atoms with Crippen molar-refractivity contribution in [1.82, 2.24) is 14.1 Å². The lowest BCUT2D eigenvalue weighted by Crippen LogP contribution is -2.23. The maximum atomic E-state index is 14.9. The van der Waals surface area contributed by atoms with E-state index in [1.807, 2.05) is 0 Å². The maximum Gasteiger partial charge on any atom is 0.333 e. The van der Waals surface area contributed by atoms with Crippen LogP contribution in [0.3, 0.4) is 0 Å². The molecule has 8 heteroatoms. The first-order valence-corrected chi connectivity index (χ1v) is 9.52. The number of benzene rings is 1. The fraction of sp³-hybridized carbons (Fsp3) is 0.217. The number of pyridine rings is 1. The third-order valence-corrected chi connectivity index (χ3v) is 5.00. The number of rotatable bonds is 6. The van der Waals surface area contributed by atoms with Gasteiger partial charge in [-0.1, -0.05) is 19.2 Å². The molecule has 3 aromatic rings. The average molecular weight is 421 g/mol. The maximum absolute atomic E-state index is 14.9. The van der Waals surface area contributed by atoms with Crippen molar-refractivity contribution in [2.75, 3.05) is 7.11 Å². The van der Waals surface area contributed by atoms with Crippen molar-refractivity contribution < 1.29 is 9.13 Å². The highest BCUT2D eigenvalue weighted by atomic mass is 19.1. The van der Waals surface area contributed by atoms with E-state index in [1.165, 1.54) is 16.2 Å². The summed E-state index contributed by atoms with van der Waals surface area (Å²) in [6, 6.07) is 3.40. The van der Waals surface area contributed by atoms with E-state index < -0.39 is 5.97 Å². The van der Waals surface area contributed by atoms with Crippen molar-refractivity contribution in [3.63, 3.8) is 0 Å². The molecule has 0 saturated heterocycles. The van der Waals surface area contributed by atoms with Crippen LogP contribution in [0.25, 0.3) is 33.2 Å². The quantitative estimate of drug-likeness (QED) is 0.585. The zero-order chi connectivity index (χ0) is 23.0. The molecule has 0 saturated carbocycles. The number of aromatic nitrogens is 3. The molecule has 0 fully saturated rings. The summed E-state index contributed by atoms with van der Waals surface area (Å²) in [6.45, 7) is 12.4. The van der Waals surface area contributed by atoms with E-state index in [4.69, 9.17) is 10.1 Å². The van der Waals surface area contributed by atoms with E-state index in [1.54, 1.807) is 52.2 Å². The highest BCUT2D eigenvalue weighted by molar-refractivity contribution is 6.22. The smallest absolute Gasteiger partial charge is 0.333 e. The van der Waals surface area contributed by atoms with Crippen LogP contribution in [0.2, 0.25) is 0 Å². The van der Waals surface area contributed by atoms with Crippen molar-refractivity contribution >= 4 is 44.9 Å². The summed E-state index contributed by atoms with van der Waals surface area (Å²) in [5.41, 5.74) is 2.72. The van der Waals surface area contributed by atoms with Crippen LogP contribution in [-0.2, 0) is 7.05 Å². The highest BCUT2D eigenvalue weighted by Crippen LogP contribution is 2.35. The molecular weight excluding hydrogens is 397 g/mol. The number of nitrogens with one attached hydrogen (secondary N) is 1. The molecule has 1 aromatic carbocycles. The van der Waals surface area contributed by atoms with Gasteiger partial charge in [0.15, 0.2) is 0 Å². The van der Waals surface area contributed by atoms with Gasteiger partial charge in [-0.25, -0.2) is 9.79 Å². The molecule has 0 unspecified atom stereocenters.